The van der Waals surface area contributed by atoms with Gasteiger partial charge in [-0.15, -0.1) is 0 Å². The first-order valence-corrected chi connectivity index (χ1v) is 13.4. The fraction of sp³-hybridized carbons (Fsp3) is 0.438. The van der Waals surface area contributed by atoms with Gasteiger partial charge in [-0.05, 0) is 37.5 Å². The Hall–Kier alpha value is -3.42. The maximum atomic E-state index is 11.5. The molecule has 1 amide bonds. The highest BCUT2D eigenvalue weighted by atomic mass is 16.6. The van der Waals surface area contributed by atoms with Gasteiger partial charge in [0.1, 0.15) is 11.7 Å². The van der Waals surface area contributed by atoms with Gasteiger partial charge in [-0.25, -0.2) is 9.59 Å². The Kier molecular flexibility index (Phi) is 12.4. The number of hydrogen-bond acceptors (Lipinski definition) is 6. The van der Waals surface area contributed by atoms with Gasteiger partial charge >= 0.3 is 11.7 Å². The number of allylic oxidation sites excluding steroid dienone is 3. The number of carbonyl (C=O) groups is 1. The van der Waals surface area contributed by atoms with Crippen LogP contribution in [0.3, 0.4) is 0 Å². The fourth-order valence-electron chi connectivity index (χ4n) is 4.72. The zero-order valence-electron chi connectivity index (χ0n) is 23.6. The second-order valence-electron chi connectivity index (χ2n) is 10.5. The minimum absolute atomic E-state index is 0.108. The van der Waals surface area contributed by atoms with E-state index in [4.69, 9.17) is 14.9 Å². The number of aliphatic hydroxyl groups is 2. The van der Waals surface area contributed by atoms with Gasteiger partial charge in [0.05, 0.1) is 12.2 Å². The van der Waals surface area contributed by atoms with Gasteiger partial charge < -0.3 is 25.1 Å². The summed E-state index contributed by atoms with van der Waals surface area (Å²) in [7, 11) is 0. The maximum absolute atomic E-state index is 11.5. The van der Waals surface area contributed by atoms with Crippen molar-refractivity contribution in [3.05, 3.63) is 88.8 Å². The molecule has 1 aromatic carbocycles. The highest BCUT2D eigenvalue weighted by Crippen LogP contribution is 2.26. The van der Waals surface area contributed by atoms with Gasteiger partial charge in [0.2, 0.25) is 0 Å². The van der Waals surface area contributed by atoms with E-state index in [1.807, 2.05) is 77.1 Å². The van der Waals surface area contributed by atoms with Crippen LogP contribution in [0.15, 0.2) is 82.1 Å². The lowest BCUT2D eigenvalue weighted by atomic mass is 9.86. The molecule has 0 aliphatic carbocycles. The summed E-state index contributed by atoms with van der Waals surface area (Å²) in [5.41, 5.74) is 7.34. The second kappa shape index (κ2) is 15.2. The van der Waals surface area contributed by atoms with Gasteiger partial charge in [-0.1, -0.05) is 88.4 Å². The summed E-state index contributed by atoms with van der Waals surface area (Å²) in [4.78, 5) is 22.9. The molecule has 1 heterocycles. The topological polar surface area (TPSA) is 123 Å². The number of benzene rings is 1. The zero-order valence-corrected chi connectivity index (χ0v) is 23.6. The smallest absolute Gasteiger partial charge is 0.404 e. The Balaban J connectivity index is 1.97. The van der Waals surface area contributed by atoms with Crippen molar-refractivity contribution in [2.75, 3.05) is 0 Å². The molecule has 0 aliphatic rings. The minimum atomic E-state index is -0.868. The molecule has 39 heavy (non-hydrogen) atoms. The molecule has 0 saturated carbocycles. The van der Waals surface area contributed by atoms with Crippen LogP contribution in [-0.2, 0) is 4.74 Å². The molecule has 0 spiro atoms. The van der Waals surface area contributed by atoms with E-state index in [1.165, 1.54) is 6.07 Å². The first-order chi connectivity index (χ1) is 18.4. The van der Waals surface area contributed by atoms with Crippen LogP contribution in [-0.4, -0.2) is 34.6 Å². The van der Waals surface area contributed by atoms with Crippen molar-refractivity contribution in [1.29, 1.82) is 0 Å². The molecule has 0 saturated heterocycles. The number of carbonyl (C=O) groups excluding carboxylic acids is 1. The van der Waals surface area contributed by atoms with Crippen molar-refractivity contribution in [1.82, 2.24) is 0 Å². The van der Waals surface area contributed by atoms with Crippen molar-refractivity contribution in [2.24, 2.45) is 29.4 Å². The summed E-state index contributed by atoms with van der Waals surface area (Å²) in [6.07, 6.45) is 9.55. The summed E-state index contributed by atoms with van der Waals surface area (Å²) in [6.45, 7) is 13.3. The number of amides is 1. The molecule has 0 fully saturated rings. The first-order valence-electron chi connectivity index (χ1n) is 13.4. The highest BCUT2D eigenvalue weighted by Gasteiger charge is 2.30. The van der Waals surface area contributed by atoms with Crippen molar-refractivity contribution >= 4 is 23.1 Å². The minimum Gasteiger partial charge on any atom is -0.445 e. The zero-order chi connectivity index (χ0) is 29.1. The SMILES string of the molecule is C=C/C=C/C(C)C(OC(N)=O)C(C)C(O)CC/C(C)=C/C(C)C(O)C(C)/C=C/c1ccc2ccc(=O)oc2c1. The number of primary amides is 1. The van der Waals surface area contributed by atoms with Crippen LogP contribution in [0.5, 0.6) is 0 Å². The first kappa shape index (κ1) is 31.8. The number of nitrogens with two attached hydrogens (primary N) is 1. The lowest BCUT2D eigenvalue weighted by molar-refractivity contribution is -0.00888. The number of hydrogen-bond donors (Lipinski definition) is 3. The number of fused-ring (bicyclic) bond motifs is 1. The Bertz CT molecular complexity index is 1240. The molecule has 0 bridgehead atoms. The van der Waals surface area contributed by atoms with Gasteiger partial charge in [0.15, 0.2) is 0 Å². The van der Waals surface area contributed by atoms with E-state index < -0.39 is 24.4 Å². The van der Waals surface area contributed by atoms with E-state index in [9.17, 15) is 19.8 Å². The molecule has 212 valence electrons. The van der Waals surface area contributed by atoms with Gasteiger partial charge in [0, 0.05) is 35.1 Å². The molecule has 2 aromatic rings. The largest absolute Gasteiger partial charge is 0.445 e. The molecule has 7 unspecified atom stereocenters. The maximum Gasteiger partial charge on any atom is 0.404 e. The molecule has 0 radical (unpaired) electrons. The molecule has 7 nitrogen and oxygen atoms in total. The van der Waals surface area contributed by atoms with Crippen LogP contribution >= 0.6 is 0 Å². The molecule has 1 aromatic heterocycles. The number of aliphatic hydroxyl groups excluding tert-OH is 2. The monoisotopic (exact) mass is 537 g/mol. The molecule has 4 N–H and O–H groups in total. The quantitative estimate of drug-likeness (QED) is 0.154. The summed E-state index contributed by atoms with van der Waals surface area (Å²) in [5, 5.41) is 22.6. The highest BCUT2D eigenvalue weighted by molar-refractivity contribution is 5.79. The predicted octanol–water partition coefficient (Wildman–Crippen LogP) is 6.01. The Morgan fingerprint density at radius 3 is 2.44 bits per heavy atom. The van der Waals surface area contributed by atoms with Crippen molar-refractivity contribution in [3.8, 4) is 0 Å². The van der Waals surface area contributed by atoms with Gasteiger partial charge in [-0.2, -0.15) is 0 Å². The summed E-state index contributed by atoms with van der Waals surface area (Å²) in [5.74, 6) is -0.700. The summed E-state index contributed by atoms with van der Waals surface area (Å²) < 4.78 is 10.6. The molecule has 7 heteroatoms. The Labute approximate surface area is 231 Å². The van der Waals surface area contributed by atoms with E-state index in [0.717, 1.165) is 16.5 Å². The van der Waals surface area contributed by atoms with E-state index in [2.05, 4.69) is 6.58 Å². The second-order valence-corrected chi connectivity index (χ2v) is 10.5. The number of rotatable bonds is 14. The van der Waals surface area contributed by atoms with Crippen molar-refractivity contribution < 1.29 is 24.2 Å². The van der Waals surface area contributed by atoms with Crippen LogP contribution in [0, 0.1) is 23.7 Å². The molecule has 2 rings (SSSR count). The van der Waals surface area contributed by atoms with E-state index in [1.54, 1.807) is 18.2 Å². The average Bonchev–Trinajstić information content (AvgIpc) is 2.90. The van der Waals surface area contributed by atoms with E-state index in [0.29, 0.717) is 18.4 Å². The van der Waals surface area contributed by atoms with Crippen LogP contribution in [0.2, 0.25) is 0 Å². The molecule has 7 atom stereocenters. The van der Waals surface area contributed by atoms with Crippen LogP contribution in [0.4, 0.5) is 4.79 Å². The van der Waals surface area contributed by atoms with E-state index >= 15 is 0 Å². The normalized spacial score (nSPS) is 18.0. The lowest BCUT2D eigenvalue weighted by Crippen LogP contribution is -2.38. The Morgan fingerprint density at radius 2 is 1.77 bits per heavy atom. The molecule has 0 aliphatic heterocycles. The van der Waals surface area contributed by atoms with Crippen LogP contribution in [0.1, 0.15) is 53.0 Å². The molecular formula is C32H43NO6. The van der Waals surface area contributed by atoms with Crippen molar-refractivity contribution in [2.45, 2.75) is 65.8 Å². The third kappa shape index (κ3) is 10.0. The lowest BCUT2D eigenvalue weighted by Gasteiger charge is -2.30. The third-order valence-electron chi connectivity index (χ3n) is 7.14. The fourth-order valence-corrected chi connectivity index (χ4v) is 4.72. The van der Waals surface area contributed by atoms with Gasteiger partial charge in [0.25, 0.3) is 0 Å². The standard InChI is InChI=1S/C32H43NO6/c1-7-8-9-22(4)31(39-32(33)37)24(6)27(34)16-10-20(2)18-23(5)30(36)21(3)11-12-25-13-14-26-15-17-29(35)38-28(26)19-25/h7-9,11-15,17-19,21-24,27,30-31,34,36H,1,10,16H2,2-6H3,(H2,33,37)/b9-8+,12-11+,20-18+. The predicted molar refractivity (Wildman–Crippen MR) is 157 cm³/mol. The average molecular weight is 538 g/mol. The Morgan fingerprint density at radius 1 is 1.08 bits per heavy atom. The number of ether oxygens (including phenoxy) is 1. The van der Waals surface area contributed by atoms with Crippen LogP contribution in [0.25, 0.3) is 17.0 Å². The van der Waals surface area contributed by atoms with Crippen LogP contribution < -0.4 is 11.4 Å². The van der Waals surface area contributed by atoms with Crippen molar-refractivity contribution in [3.63, 3.8) is 0 Å². The molecular weight excluding hydrogens is 494 g/mol. The van der Waals surface area contributed by atoms with Gasteiger partial charge in [-0.3, -0.25) is 0 Å². The third-order valence-corrected chi connectivity index (χ3v) is 7.14. The summed E-state index contributed by atoms with van der Waals surface area (Å²) >= 11 is 0. The summed E-state index contributed by atoms with van der Waals surface area (Å²) in [6, 6.07) is 8.76. The van der Waals surface area contributed by atoms with E-state index in [-0.39, 0.29) is 29.3 Å².